The zero-order valence-electron chi connectivity index (χ0n) is 20.5. The maximum absolute atomic E-state index is 13.1. The molecule has 0 radical (unpaired) electrons. The van der Waals surface area contributed by atoms with Crippen molar-refractivity contribution in [2.24, 2.45) is 0 Å². The van der Waals surface area contributed by atoms with Gasteiger partial charge >= 0.3 is 0 Å². The summed E-state index contributed by atoms with van der Waals surface area (Å²) < 4.78 is 5.57. The summed E-state index contributed by atoms with van der Waals surface area (Å²) in [5.74, 6) is 0.821. The number of nitrogens with zero attached hydrogens (tertiary/aromatic N) is 10. The molecule has 0 aliphatic heterocycles. The second-order valence-electron chi connectivity index (χ2n) is 8.69. The van der Waals surface area contributed by atoms with E-state index in [1.807, 2.05) is 18.2 Å². The van der Waals surface area contributed by atoms with Crippen LogP contribution in [0.3, 0.4) is 0 Å². The summed E-state index contributed by atoms with van der Waals surface area (Å²) in [6.07, 6.45) is 5.75. The molecular weight excluding hydrogens is 555 g/mol. The minimum absolute atomic E-state index is 0.165. The lowest BCUT2D eigenvalue weighted by Crippen LogP contribution is -2.25. The Bertz CT molecular complexity index is 1920. The normalized spacial score (nSPS) is 11.2. The first kappa shape index (κ1) is 25.3. The molecule has 0 fully saturated rings. The molecule has 0 bridgehead atoms. The van der Waals surface area contributed by atoms with E-state index in [1.165, 1.54) is 56.2 Å². The van der Waals surface area contributed by atoms with Crippen LogP contribution in [0.25, 0.3) is 22.8 Å². The number of aromatic nitrogens is 10. The fraction of sp³-hybridized carbons (Fsp3) is 0.0769. The topological polar surface area (TPSA) is 131 Å². The summed E-state index contributed by atoms with van der Waals surface area (Å²) in [6.45, 7) is 0.401. The summed E-state index contributed by atoms with van der Waals surface area (Å²) in [5, 5.41) is 18.2. The Labute approximate surface area is 235 Å². The highest BCUT2D eigenvalue weighted by molar-refractivity contribution is 6.33. The molecular formula is C26H18Cl2N10O2. The second kappa shape index (κ2) is 10.7. The van der Waals surface area contributed by atoms with E-state index in [9.17, 15) is 9.59 Å². The molecule has 6 aromatic rings. The Morgan fingerprint density at radius 2 is 1.32 bits per heavy atom. The maximum atomic E-state index is 13.1. The first-order valence-corrected chi connectivity index (χ1v) is 12.6. The van der Waals surface area contributed by atoms with Crippen molar-refractivity contribution in [1.82, 2.24) is 49.1 Å². The van der Waals surface area contributed by atoms with Gasteiger partial charge in [0.1, 0.15) is 25.3 Å². The van der Waals surface area contributed by atoms with E-state index < -0.39 is 0 Å². The molecule has 0 spiro atoms. The van der Waals surface area contributed by atoms with Gasteiger partial charge in [-0.15, -0.1) is 10.2 Å². The van der Waals surface area contributed by atoms with Gasteiger partial charge in [-0.2, -0.15) is 10.2 Å². The van der Waals surface area contributed by atoms with Crippen molar-refractivity contribution in [2.45, 2.75) is 13.1 Å². The van der Waals surface area contributed by atoms with Crippen LogP contribution in [0, 0.1) is 0 Å². The second-order valence-corrected chi connectivity index (χ2v) is 9.53. The number of benzene rings is 2. The molecule has 0 saturated heterocycles. The van der Waals surface area contributed by atoms with Crippen LogP contribution in [-0.4, -0.2) is 49.1 Å². The van der Waals surface area contributed by atoms with Gasteiger partial charge in [0.05, 0.1) is 13.1 Å². The lowest BCUT2D eigenvalue weighted by atomic mass is 10.0. The van der Waals surface area contributed by atoms with Gasteiger partial charge in [0.15, 0.2) is 11.6 Å². The van der Waals surface area contributed by atoms with Crippen LogP contribution in [0.1, 0.15) is 11.1 Å². The highest BCUT2D eigenvalue weighted by Crippen LogP contribution is 2.31. The fourth-order valence-electron chi connectivity index (χ4n) is 4.09. The van der Waals surface area contributed by atoms with E-state index in [0.29, 0.717) is 32.8 Å². The zero-order valence-corrected chi connectivity index (χ0v) is 22.1. The molecule has 2 aromatic carbocycles. The Balaban J connectivity index is 1.36. The molecule has 0 saturated carbocycles. The molecule has 0 aliphatic rings. The maximum Gasteiger partial charge on any atom is 0.267 e. The van der Waals surface area contributed by atoms with Gasteiger partial charge in [-0.1, -0.05) is 47.5 Å². The molecule has 4 heterocycles. The highest BCUT2D eigenvalue weighted by Gasteiger charge is 2.17. The van der Waals surface area contributed by atoms with Crippen molar-refractivity contribution in [3.8, 4) is 22.8 Å². The number of halogens is 2. The average Bonchev–Trinajstić information content (AvgIpc) is 3.68. The number of hydrogen-bond acceptors (Lipinski definition) is 8. The Kier molecular flexibility index (Phi) is 6.76. The van der Waals surface area contributed by atoms with Crippen LogP contribution >= 0.6 is 23.2 Å². The first-order valence-electron chi connectivity index (χ1n) is 11.9. The van der Waals surface area contributed by atoms with E-state index >= 15 is 0 Å². The van der Waals surface area contributed by atoms with E-state index in [-0.39, 0.29) is 24.2 Å². The summed E-state index contributed by atoms with van der Waals surface area (Å²) in [4.78, 5) is 33.5. The minimum Gasteiger partial charge on any atom is -0.268 e. The average molecular weight is 573 g/mol. The molecule has 12 nitrogen and oxygen atoms in total. The van der Waals surface area contributed by atoms with Crippen LogP contribution in [-0.2, 0) is 13.1 Å². The predicted molar refractivity (Wildman–Crippen MR) is 147 cm³/mol. The summed E-state index contributed by atoms with van der Waals surface area (Å²) in [5.41, 5.74) is 2.01. The summed E-state index contributed by atoms with van der Waals surface area (Å²) >= 11 is 12.7. The standard InChI is InChI=1S/C26H18Cl2N10O2/c27-19-4-1-17(2-5-19)11-36-25(40)10-21(26(34-36)38-16-30-14-32-38)20-6-3-18(9-22(20)28)12-35-24(39)8-7-23(33-35)37-15-29-13-31-37/h1-10,13-16H,11-12H2. The fourth-order valence-corrected chi connectivity index (χ4v) is 4.52. The quantitative estimate of drug-likeness (QED) is 0.285. The summed E-state index contributed by atoms with van der Waals surface area (Å²) in [7, 11) is 0. The third-order valence-electron chi connectivity index (χ3n) is 6.02. The summed E-state index contributed by atoms with van der Waals surface area (Å²) in [6, 6.07) is 16.9. The van der Waals surface area contributed by atoms with Crippen LogP contribution in [0.5, 0.6) is 0 Å². The number of hydrogen-bond donors (Lipinski definition) is 0. The third kappa shape index (κ3) is 5.17. The van der Waals surface area contributed by atoms with Crippen molar-refractivity contribution >= 4 is 23.2 Å². The minimum atomic E-state index is -0.324. The Hall–Kier alpha value is -4.94. The monoisotopic (exact) mass is 572 g/mol. The largest absolute Gasteiger partial charge is 0.268 e. The van der Waals surface area contributed by atoms with Crippen molar-refractivity contribution < 1.29 is 0 Å². The van der Waals surface area contributed by atoms with Crippen molar-refractivity contribution in [1.29, 1.82) is 0 Å². The molecule has 40 heavy (non-hydrogen) atoms. The van der Waals surface area contributed by atoms with Gasteiger partial charge in [-0.25, -0.2) is 28.7 Å². The molecule has 0 unspecified atom stereocenters. The van der Waals surface area contributed by atoms with Crippen molar-refractivity contribution in [3.05, 3.63) is 128 Å². The van der Waals surface area contributed by atoms with E-state index in [4.69, 9.17) is 23.2 Å². The number of rotatable bonds is 7. The molecule has 6 rings (SSSR count). The molecule has 14 heteroatoms. The first-order chi connectivity index (χ1) is 19.4. The van der Waals surface area contributed by atoms with Gasteiger partial charge < -0.3 is 0 Å². The van der Waals surface area contributed by atoms with Crippen LogP contribution in [0.15, 0.2) is 95.6 Å². The van der Waals surface area contributed by atoms with E-state index in [0.717, 1.165) is 11.1 Å². The van der Waals surface area contributed by atoms with Gasteiger partial charge in [0.25, 0.3) is 11.1 Å². The molecule has 0 aliphatic carbocycles. The van der Waals surface area contributed by atoms with Crippen molar-refractivity contribution in [2.75, 3.05) is 0 Å². The zero-order chi connectivity index (χ0) is 27.6. The van der Waals surface area contributed by atoms with E-state index in [2.05, 4.69) is 30.4 Å². The van der Waals surface area contributed by atoms with E-state index in [1.54, 1.807) is 30.3 Å². The Morgan fingerprint density at radius 1 is 0.650 bits per heavy atom. The lowest BCUT2D eigenvalue weighted by Gasteiger charge is -2.14. The third-order valence-corrected chi connectivity index (χ3v) is 6.59. The smallest absolute Gasteiger partial charge is 0.267 e. The van der Waals surface area contributed by atoms with Crippen molar-refractivity contribution in [3.63, 3.8) is 0 Å². The van der Waals surface area contributed by atoms with Gasteiger partial charge in [0.2, 0.25) is 0 Å². The van der Waals surface area contributed by atoms with Gasteiger partial charge in [0, 0.05) is 33.3 Å². The predicted octanol–water partition coefficient (Wildman–Crippen LogP) is 3.03. The van der Waals surface area contributed by atoms with Crippen LogP contribution in [0.2, 0.25) is 10.0 Å². The van der Waals surface area contributed by atoms with Crippen LogP contribution in [0.4, 0.5) is 0 Å². The Morgan fingerprint density at radius 3 is 2.02 bits per heavy atom. The highest BCUT2D eigenvalue weighted by atomic mass is 35.5. The lowest BCUT2D eigenvalue weighted by molar-refractivity contribution is 0.618. The molecule has 0 atom stereocenters. The molecule has 198 valence electrons. The van der Waals surface area contributed by atoms with Crippen LogP contribution < -0.4 is 11.1 Å². The molecule has 0 amide bonds. The molecule has 0 N–H and O–H groups in total. The van der Waals surface area contributed by atoms with Gasteiger partial charge in [-0.3, -0.25) is 9.59 Å². The molecule has 4 aromatic heterocycles. The SMILES string of the molecule is O=c1ccc(-n2cncn2)nn1Cc1ccc(-c2cc(=O)n(Cc3ccc(Cl)cc3)nc2-n2cncn2)c(Cl)c1. The van der Waals surface area contributed by atoms with Gasteiger partial charge in [-0.05, 0) is 35.4 Å².